The molecule has 0 saturated heterocycles. The molecule has 3 rings (SSSR count). The zero-order valence-electron chi connectivity index (χ0n) is 12.4. The second-order valence-corrected chi connectivity index (χ2v) is 5.89. The SMILES string of the molecule is CCc1cc(=O)[nH]nc1-c1sc(C(N)=O)nc1-c1ccccc1. The Morgan fingerprint density at radius 2 is 2.00 bits per heavy atom. The van der Waals surface area contributed by atoms with Crippen LogP contribution < -0.4 is 11.3 Å². The van der Waals surface area contributed by atoms with Crippen LogP contribution in [-0.2, 0) is 6.42 Å². The number of amides is 1. The van der Waals surface area contributed by atoms with E-state index in [1.165, 1.54) is 17.4 Å². The molecule has 3 aromatic rings. The molecule has 0 fully saturated rings. The highest BCUT2D eigenvalue weighted by Crippen LogP contribution is 2.36. The summed E-state index contributed by atoms with van der Waals surface area (Å²) in [4.78, 5) is 28.1. The van der Waals surface area contributed by atoms with Crippen molar-refractivity contribution < 1.29 is 4.79 Å². The summed E-state index contributed by atoms with van der Waals surface area (Å²) < 4.78 is 0. The largest absolute Gasteiger partial charge is 0.364 e. The van der Waals surface area contributed by atoms with Crippen molar-refractivity contribution in [2.45, 2.75) is 13.3 Å². The van der Waals surface area contributed by atoms with E-state index >= 15 is 0 Å². The number of carbonyl (C=O) groups is 1. The van der Waals surface area contributed by atoms with Crippen LogP contribution in [0.1, 0.15) is 22.3 Å². The Hall–Kier alpha value is -2.80. The highest BCUT2D eigenvalue weighted by atomic mass is 32.1. The number of aromatic nitrogens is 3. The van der Waals surface area contributed by atoms with Gasteiger partial charge < -0.3 is 5.73 Å². The molecule has 2 aromatic heterocycles. The van der Waals surface area contributed by atoms with E-state index in [2.05, 4.69) is 15.2 Å². The number of hydrogen-bond donors (Lipinski definition) is 2. The number of primary amides is 1. The summed E-state index contributed by atoms with van der Waals surface area (Å²) in [5.74, 6) is -0.582. The van der Waals surface area contributed by atoms with Gasteiger partial charge in [0, 0.05) is 11.6 Å². The third kappa shape index (κ3) is 2.91. The summed E-state index contributed by atoms with van der Waals surface area (Å²) >= 11 is 1.18. The Morgan fingerprint density at radius 3 is 2.65 bits per heavy atom. The summed E-state index contributed by atoms with van der Waals surface area (Å²) in [6.45, 7) is 1.94. The van der Waals surface area contributed by atoms with E-state index < -0.39 is 5.91 Å². The van der Waals surface area contributed by atoms with Crippen molar-refractivity contribution in [2.75, 3.05) is 0 Å². The van der Waals surface area contributed by atoms with Crippen LogP contribution >= 0.6 is 11.3 Å². The highest BCUT2D eigenvalue weighted by molar-refractivity contribution is 7.17. The second-order valence-electron chi connectivity index (χ2n) is 4.89. The average Bonchev–Trinajstić information content (AvgIpc) is 3.01. The molecule has 0 saturated carbocycles. The third-order valence-electron chi connectivity index (χ3n) is 3.37. The van der Waals surface area contributed by atoms with Crippen molar-refractivity contribution in [3.63, 3.8) is 0 Å². The quantitative estimate of drug-likeness (QED) is 0.767. The Bertz CT molecular complexity index is 915. The van der Waals surface area contributed by atoms with Crippen LogP contribution in [0.15, 0.2) is 41.2 Å². The lowest BCUT2D eigenvalue weighted by Gasteiger charge is -2.05. The average molecular weight is 326 g/mol. The maximum Gasteiger partial charge on any atom is 0.277 e. The molecule has 0 aliphatic heterocycles. The zero-order valence-corrected chi connectivity index (χ0v) is 13.2. The predicted octanol–water partition coefficient (Wildman–Crippen LogP) is 2.22. The molecule has 23 heavy (non-hydrogen) atoms. The van der Waals surface area contributed by atoms with Gasteiger partial charge in [0.1, 0.15) is 5.69 Å². The molecular weight excluding hydrogens is 312 g/mol. The number of aromatic amines is 1. The first-order valence-electron chi connectivity index (χ1n) is 7.05. The van der Waals surface area contributed by atoms with Crippen molar-refractivity contribution in [3.8, 4) is 21.8 Å². The first kappa shape index (κ1) is 15.1. The Morgan fingerprint density at radius 1 is 1.26 bits per heavy atom. The van der Waals surface area contributed by atoms with Gasteiger partial charge in [0.25, 0.3) is 11.5 Å². The first-order valence-corrected chi connectivity index (χ1v) is 7.86. The lowest BCUT2D eigenvalue weighted by molar-refractivity contribution is 0.1000. The lowest BCUT2D eigenvalue weighted by Crippen LogP contribution is -2.10. The molecule has 0 aliphatic rings. The lowest BCUT2D eigenvalue weighted by atomic mass is 10.1. The van der Waals surface area contributed by atoms with Crippen molar-refractivity contribution in [1.29, 1.82) is 0 Å². The maximum absolute atomic E-state index is 11.5. The molecule has 3 N–H and O–H groups in total. The molecule has 1 aromatic carbocycles. The number of aryl methyl sites for hydroxylation is 1. The fourth-order valence-electron chi connectivity index (χ4n) is 2.29. The standard InChI is InChI=1S/C16H14N4O2S/c1-2-9-8-11(21)19-20-13(9)14-12(10-6-4-3-5-7-10)18-16(23-14)15(17)22/h3-8H,2H2,1H3,(H2,17,22)(H,19,21). The normalized spacial score (nSPS) is 10.7. The minimum atomic E-state index is -0.582. The summed E-state index contributed by atoms with van der Waals surface area (Å²) in [5.41, 5.74) is 8.04. The van der Waals surface area contributed by atoms with Crippen molar-refractivity contribution in [1.82, 2.24) is 15.2 Å². The number of carbonyl (C=O) groups excluding carboxylic acids is 1. The van der Waals surface area contributed by atoms with Gasteiger partial charge in [-0.3, -0.25) is 9.59 Å². The zero-order chi connectivity index (χ0) is 16.4. The second kappa shape index (κ2) is 6.13. The number of hydrogen-bond acceptors (Lipinski definition) is 5. The topological polar surface area (TPSA) is 102 Å². The molecule has 116 valence electrons. The van der Waals surface area contributed by atoms with E-state index in [-0.39, 0.29) is 10.6 Å². The van der Waals surface area contributed by atoms with Crippen LogP contribution in [0.5, 0.6) is 0 Å². The van der Waals surface area contributed by atoms with Crippen LogP contribution in [0.4, 0.5) is 0 Å². The minimum Gasteiger partial charge on any atom is -0.364 e. The number of nitrogens with one attached hydrogen (secondary N) is 1. The fraction of sp³-hybridized carbons (Fsp3) is 0.125. The molecule has 0 unspecified atom stereocenters. The number of H-pyrrole nitrogens is 1. The van der Waals surface area contributed by atoms with Crippen LogP contribution in [0, 0.1) is 0 Å². The smallest absolute Gasteiger partial charge is 0.277 e. The molecule has 2 heterocycles. The molecule has 1 amide bonds. The van der Waals surface area contributed by atoms with Crippen molar-refractivity contribution >= 4 is 17.2 Å². The fourth-order valence-corrected chi connectivity index (χ4v) is 3.25. The van der Waals surface area contributed by atoms with Gasteiger partial charge in [0.05, 0.1) is 10.6 Å². The van der Waals surface area contributed by atoms with Gasteiger partial charge in [-0.15, -0.1) is 11.3 Å². The van der Waals surface area contributed by atoms with E-state index in [1.54, 1.807) is 0 Å². The molecule has 0 bridgehead atoms. The van der Waals surface area contributed by atoms with Crippen LogP contribution in [0.3, 0.4) is 0 Å². The summed E-state index contributed by atoms with van der Waals surface area (Å²) in [5, 5.41) is 6.82. The summed E-state index contributed by atoms with van der Waals surface area (Å²) in [7, 11) is 0. The Kier molecular flexibility index (Phi) is 4.03. The molecular formula is C16H14N4O2S. The van der Waals surface area contributed by atoms with Crippen molar-refractivity contribution in [3.05, 3.63) is 57.3 Å². The Balaban J connectivity index is 2.27. The van der Waals surface area contributed by atoms with E-state index in [0.29, 0.717) is 17.8 Å². The first-order chi connectivity index (χ1) is 11.1. The molecule has 0 radical (unpaired) electrons. The number of nitrogens with zero attached hydrogens (tertiary/aromatic N) is 2. The van der Waals surface area contributed by atoms with Gasteiger partial charge in [0.15, 0.2) is 5.01 Å². The third-order valence-corrected chi connectivity index (χ3v) is 4.45. The number of nitrogens with two attached hydrogens (primary N) is 1. The Labute approximate surface area is 136 Å². The van der Waals surface area contributed by atoms with Gasteiger partial charge in [-0.2, -0.15) is 5.10 Å². The number of benzene rings is 1. The van der Waals surface area contributed by atoms with Gasteiger partial charge in [0.2, 0.25) is 0 Å². The molecule has 7 heteroatoms. The van der Waals surface area contributed by atoms with Gasteiger partial charge in [-0.05, 0) is 12.0 Å². The van der Waals surface area contributed by atoms with Gasteiger partial charge in [-0.1, -0.05) is 37.3 Å². The van der Waals surface area contributed by atoms with Crippen molar-refractivity contribution in [2.24, 2.45) is 5.73 Å². The van der Waals surface area contributed by atoms with Crippen LogP contribution in [-0.4, -0.2) is 21.1 Å². The van der Waals surface area contributed by atoms with Gasteiger partial charge in [-0.25, -0.2) is 10.1 Å². The molecule has 0 spiro atoms. The van der Waals surface area contributed by atoms with E-state index in [9.17, 15) is 9.59 Å². The summed E-state index contributed by atoms with van der Waals surface area (Å²) in [6.07, 6.45) is 0.643. The predicted molar refractivity (Wildman–Crippen MR) is 89.3 cm³/mol. The van der Waals surface area contributed by atoms with E-state index in [0.717, 1.165) is 16.0 Å². The summed E-state index contributed by atoms with van der Waals surface area (Å²) in [6, 6.07) is 11.0. The van der Waals surface area contributed by atoms with E-state index in [4.69, 9.17) is 5.73 Å². The van der Waals surface area contributed by atoms with Crippen LogP contribution in [0.25, 0.3) is 21.8 Å². The monoisotopic (exact) mass is 326 g/mol. The number of rotatable bonds is 4. The van der Waals surface area contributed by atoms with Gasteiger partial charge >= 0.3 is 0 Å². The number of thiazole rings is 1. The highest BCUT2D eigenvalue weighted by Gasteiger charge is 2.20. The maximum atomic E-state index is 11.5. The minimum absolute atomic E-state index is 0.217. The molecule has 0 atom stereocenters. The van der Waals surface area contributed by atoms with Crippen LogP contribution in [0.2, 0.25) is 0 Å². The molecule has 0 aliphatic carbocycles. The van der Waals surface area contributed by atoms with E-state index in [1.807, 2.05) is 37.3 Å². The molecule has 6 nitrogen and oxygen atoms in total.